The molecule has 1 rings (SSSR count). The summed E-state index contributed by atoms with van der Waals surface area (Å²) < 4.78 is 4.94. The van der Waals surface area contributed by atoms with Gasteiger partial charge in [-0.25, -0.2) is 0 Å². The predicted octanol–water partition coefficient (Wildman–Crippen LogP) is 3.05. The fourth-order valence-corrected chi connectivity index (χ4v) is 2.19. The fraction of sp³-hybridized carbons (Fsp3) is 0.417. The Hall–Kier alpha value is -0.710. The van der Waals surface area contributed by atoms with Gasteiger partial charge in [-0.1, -0.05) is 23.7 Å². The van der Waals surface area contributed by atoms with E-state index in [0.717, 1.165) is 5.75 Å². The number of halogens is 1. The topological polar surface area (TPSA) is 38.3 Å². The summed E-state index contributed by atoms with van der Waals surface area (Å²) in [6, 6.07) is 7.20. The van der Waals surface area contributed by atoms with E-state index >= 15 is 0 Å². The Morgan fingerprint density at radius 3 is 2.88 bits per heavy atom. The maximum absolute atomic E-state index is 11.8. The minimum atomic E-state index is -0.124. The van der Waals surface area contributed by atoms with Crippen LogP contribution in [0.5, 0.6) is 0 Å². The highest BCUT2D eigenvalue weighted by molar-refractivity contribution is 8.00. The van der Waals surface area contributed by atoms with Crippen LogP contribution in [0.1, 0.15) is 6.92 Å². The molecule has 0 unspecified atom stereocenters. The van der Waals surface area contributed by atoms with Crippen LogP contribution in [0.3, 0.4) is 0 Å². The lowest BCUT2D eigenvalue weighted by atomic mass is 10.3. The van der Waals surface area contributed by atoms with E-state index in [1.165, 1.54) is 0 Å². The van der Waals surface area contributed by atoms with Crippen LogP contribution in [-0.4, -0.2) is 30.6 Å². The lowest BCUT2D eigenvalue weighted by molar-refractivity contribution is -0.115. The van der Waals surface area contributed by atoms with E-state index < -0.39 is 0 Å². The minimum absolute atomic E-state index is 0.0424. The third-order valence-electron chi connectivity index (χ3n) is 2.16. The lowest BCUT2D eigenvalue weighted by Crippen LogP contribution is -2.23. The van der Waals surface area contributed by atoms with Crippen molar-refractivity contribution in [2.75, 3.05) is 24.8 Å². The lowest BCUT2D eigenvalue weighted by Gasteiger charge is -2.12. The van der Waals surface area contributed by atoms with Gasteiger partial charge in [0.05, 0.1) is 22.6 Å². The third-order valence-corrected chi connectivity index (χ3v) is 3.60. The number of carbonyl (C=O) groups excluding carboxylic acids is 1. The molecule has 3 nitrogen and oxygen atoms in total. The molecule has 5 heteroatoms. The van der Waals surface area contributed by atoms with Crippen molar-refractivity contribution in [3.8, 4) is 0 Å². The van der Waals surface area contributed by atoms with E-state index in [9.17, 15) is 4.79 Å². The number of rotatable bonds is 6. The highest BCUT2D eigenvalue weighted by Crippen LogP contribution is 2.21. The van der Waals surface area contributed by atoms with Crippen molar-refractivity contribution in [1.82, 2.24) is 0 Å². The molecule has 1 aromatic rings. The molecule has 17 heavy (non-hydrogen) atoms. The minimum Gasteiger partial charge on any atom is -0.384 e. The maximum Gasteiger partial charge on any atom is 0.237 e. The van der Waals surface area contributed by atoms with Crippen LogP contribution in [0.15, 0.2) is 24.3 Å². The summed E-state index contributed by atoms with van der Waals surface area (Å²) in [6.45, 7) is 2.51. The monoisotopic (exact) mass is 273 g/mol. The van der Waals surface area contributed by atoms with Crippen molar-refractivity contribution >= 4 is 35.0 Å². The summed E-state index contributed by atoms with van der Waals surface area (Å²) in [7, 11) is 1.65. The number of hydrogen-bond donors (Lipinski definition) is 1. The molecule has 0 fully saturated rings. The van der Waals surface area contributed by atoms with Crippen LogP contribution in [0.4, 0.5) is 5.69 Å². The van der Waals surface area contributed by atoms with E-state index in [4.69, 9.17) is 16.3 Å². The summed E-state index contributed by atoms with van der Waals surface area (Å²) in [6.07, 6.45) is 0. The van der Waals surface area contributed by atoms with E-state index in [-0.39, 0.29) is 11.2 Å². The molecule has 0 saturated heterocycles. The van der Waals surface area contributed by atoms with Gasteiger partial charge < -0.3 is 10.1 Å². The van der Waals surface area contributed by atoms with Gasteiger partial charge in [0.25, 0.3) is 0 Å². The van der Waals surface area contributed by atoms with Gasteiger partial charge in [0, 0.05) is 12.9 Å². The molecule has 1 amide bonds. The number of benzene rings is 1. The van der Waals surface area contributed by atoms with Gasteiger partial charge in [0.1, 0.15) is 0 Å². The zero-order chi connectivity index (χ0) is 12.7. The molecule has 1 aromatic carbocycles. The van der Waals surface area contributed by atoms with Gasteiger partial charge in [0.2, 0.25) is 5.91 Å². The second-order valence-electron chi connectivity index (χ2n) is 3.47. The number of para-hydroxylation sites is 1. The SMILES string of the molecule is COCCS[C@@H](C)C(=O)Nc1ccccc1Cl. The van der Waals surface area contributed by atoms with Crippen LogP contribution in [-0.2, 0) is 9.53 Å². The molecule has 94 valence electrons. The van der Waals surface area contributed by atoms with Gasteiger partial charge in [-0.3, -0.25) is 4.79 Å². The molecule has 0 aliphatic rings. The van der Waals surface area contributed by atoms with Crippen molar-refractivity contribution < 1.29 is 9.53 Å². The Morgan fingerprint density at radius 2 is 2.24 bits per heavy atom. The van der Waals surface area contributed by atoms with Crippen molar-refractivity contribution in [3.63, 3.8) is 0 Å². The number of methoxy groups -OCH3 is 1. The Bertz CT molecular complexity index is 373. The summed E-state index contributed by atoms with van der Waals surface area (Å²) in [5.74, 6) is 0.757. The van der Waals surface area contributed by atoms with Gasteiger partial charge >= 0.3 is 0 Å². The number of amides is 1. The number of nitrogens with one attached hydrogen (secondary N) is 1. The van der Waals surface area contributed by atoms with E-state index in [2.05, 4.69) is 5.32 Å². The molecule has 0 aliphatic heterocycles. The molecule has 0 heterocycles. The number of hydrogen-bond acceptors (Lipinski definition) is 3. The summed E-state index contributed by atoms with van der Waals surface area (Å²) in [4.78, 5) is 11.8. The third kappa shape index (κ3) is 4.98. The van der Waals surface area contributed by atoms with Gasteiger partial charge in [-0.05, 0) is 19.1 Å². The van der Waals surface area contributed by atoms with Crippen LogP contribution in [0.25, 0.3) is 0 Å². The number of carbonyl (C=O) groups is 1. The van der Waals surface area contributed by atoms with E-state index in [1.807, 2.05) is 19.1 Å². The van der Waals surface area contributed by atoms with Gasteiger partial charge in [0.15, 0.2) is 0 Å². The summed E-state index contributed by atoms with van der Waals surface area (Å²) >= 11 is 7.51. The molecule has 0 spiro atoms. The molecule has 1 N–H and O–H groups in total. The van der Waals surface area contributed by atoms with Crippen molar-refractivity contribution in [2.45, 2.75) is 12.2 Å². The van der Waals surface area contributed by atoms with E-state index in [1.54, 1.807) is 31.0 Å². The first-order valence-corrected chi connectivity index (χ1v) is 6.73. The average molecular weight is 274 g/mol. The molecule has 1 atom stereocenters. The van der Waals surface area contributed by atoms with Crippen molar-refractivity contribution in [2.24, 2.45) is 0 Å². The Kier molecular flexibility index (Phi) is 6.40. The summed E-state index contributed by atoms with van der Waals surface area (Å²) in [5.41, 5.74) is 0.651. The van der Waals surface area contributed by atoms with Crippen LogP contribution in [0, 0.1) is 0 Å². The van der Waals surface area contributed by atoms with Gasteiger partial charge in [-0.2, -0.15) is 0 Å². The molecular formula is C12H16ClNO2S. The van der Waals surface area contributed by atoms with E-state index in [0.29, 0.717) is 17.3 Å². The zero-order valence-electron chi connectivity index (χ0n) is 9.90. The molecule has 0 aliphatic carbocycles. The second kappa shape index (κ2) is 7.58. The highest BCUT2D eigenvalue weighted by atomic mass is 35.5. The Labute approximate surface area is 111 Å². The van der Waals surface area contributed by atoms with Crippen LogP contribution >= 0.6 is 23.4 Å². The van der Waals surface area contributed by atoms with Crippen LogP contribution < -0.4 is 5.32 Å². The standard InChI is InChI=1S/C12H16ClNO2S/c1-9(17-8-7-16-2)12(15)14-11-6-4-3-5-10(11)13/h3-6,9H,7-8H2,1-2H3,(H,14,15)/t9-/m0/s1. The molecule has 0 bridgehead atoms. The van der Waals surface area contributed by atoms with Crippen molar-refractivity contribution in [3.05, 3.63) is 29.3 Å². The number of thioether (sulfide) groups is 1. The average Bonchev–Trinajstić information content (AvgIpc) is 2.32. The van der Waals surface area contributed by atoms with Crippen molar-refractivity contribution in [1.29, 1.82) is 0 Å². The zero-order valence-corrected chi connectivity index (χ0v) is 11.5. The first kappa shape index (κ1) is 14.4. The predicted molar refractivity (Wildman–Crippen MR) is 73.9 cm³/mol. The highest BCUT2D eigenvalue weighted by Gasteiger charge is 2.14. The first-order chi connectivity index (χ1) is 8.15. The smallest absolute Gasteiger partial charge is 0.237 e. The number of anilines is 1. The molecule has 0 aromatic heterocycles. The Balaban J connectivity index is 2.46. The molecule has 0 saturated carbocycles. The molecular weight excluding hydrogens is 258 g/mol. The second-order valence-corrected chi connectivity index (χ2v) is 5.33. The largest absolute Gasteiger partial charge is 0.384 e. The normalized spacial score (nSPS) is 12.2. The summed E-state index contributed by atoms with van der Waals surface area (Å²) in [5, 5.41) is 3.23. The van der Waals surface area contributed by atoms with Crippen LogP contribution in [0.2, 0.25) is 5.02 Å². The molecule has 0 radical (unpaired) electrons. The Morgan fingerprint density at radius 1 is 1.53 bits per heavy atom. The maximum atomic E-state index is 11.8. The first-order valence-electron chi connectivity index (χ1n) is 5.31. The van der Waals surface area contributed by atoms with Gasteiger partial charge in [-0.15, -0.1) is 11.8 Å². The fourth-order valence-electron chi connectivity index (χ4n) is 1.18. The quantitative estimate of drug-likeness (QED) is 0.810. The number of ether oxygens (including phenoxy) is 1.